The number of carbonyl (C=O) groups is 1. The van der Waals surface area contributed by atoms with E-state index in [0.717, 1.165) is 42.9 Å². The maximum Gasteiger partial charge on any atom is 1.00 e. The van der Waals surface area contributed by atoms with E-state index in [1.165, 1.54) is 277 Å². The van der Waals surface area contributed by atoms with Crippen molar-refractivity contribution >= 4 is 78.6 Å². The predicted molar refractivity (Wildman–Crippen MR) is 371 cm³/mol. The fourth-order valence-electron chi connectivity index (χ4n) is 12.8. The third kappa shape index (κ3) is 19.8. The first kappa shape index (κ1) is 69.0. The third-order valence-electron chi connectivity index (χ3n) is 17.7. The number of thiophene rings is 3. The molecule has 0 N–H and O–H groups in total. The van der Waals surface area contributed by atoms with Crippen molar-refractivity contribution in [2.75, 3.05) is 7.11 Å². The minimum absolute atomic E-state index is 0. The van der Waals surface area contributed by atoms with Crippen molar-refractivity contribution in [3.63, 3.8) is 0 Å². The zero-order valence-corrected chi connectivity index (χ0v) is 58.1. The number of carboxylic acid groups (broad SMARTS) is 1. The standard InChI is InChI=1S/C77H100N2O3S3.Na/c1-7-11-14-17-20-23-26-29-32-35-38-61-51-66(56-69(78-5)77(80)81)83-75(61)72-55-63(40-37-34-31-28-25-22-19-16-13-9-3)76(85-72)73-54-62(39-36-33-30-27-24-21-18-15-12-8-2)74(84-73)64-45-48-71-68(53-64)67-52-60(44-47-70(67)79(71)10-4)57-41-42-59-50-65(82-6)46-43-58(59)49-57;/h41-56H,7-40H2,1-4,6H3,(H,80,81);/q;+1/p-1/b69-56-;. The van der Waals surface area contributed by atoms with Gasteiger partial charge in [0.05, 0.1) is 19.7 Å². The maximum atomic E-state index is 12.1. The molecule has 0 spiro atoms. The number of aliphatic carboxylic acids is 1. The first-order valence-corrected chi connectivity index (χ1v) is 36.1. The van der Waals surface area contributed by atoms with Crippen LogP contribution in [-0.4, -0.2) is 17.6 Å². The van der Waals surface area contributed by atoms with E-state index in [2.05, 4.69) is 128 Å². The van der Waals surface area contributed by atoms with Gasteiger partial charge in [-0.1, -0.05) is 224 Å². The van der Waals surface area contributed by atoms with Crippen LogP contribution in [0.1, 0.15) is 242 Å². The Morgan fingerprint density at radius 3 is 1.35 bits per heavy atom. The van der Waals surface area contributed by atoms with Crippen LogP contribution in [0.4, 0.5) is 0 Å². The molecule has 0 unspecified atom stereocenters. The molecule has 0 atom stereocenters. The summed E-state index contributed by atoms with van der Waals surface area (Å²) in [6, 6.07) is 34.7. The fraction of sp³-hybridized carbons (Fsp3) is 0.506. The number of carbonyl (C=O) groups excluding carboxylic acids is 1. The van der Waals surface area contributed by atoms with Crippen molar-refractivity contribution in [3.05, 3.63) is 130 Å². The second-order valence-electron chi connectivity index (χ2n) is 24.3. The van der Waals surface area contributed by atoms with Crippen molar-refractivity contribution in [2.24, 2.45) is 0 Å². The molecule has 0 aliphatic carbocycles. The number of ether oxygens (including phenoxy) is 1. The molecule has 0 amide bonds. The van der Waals surface area contributed by atoms with Crippen molar-refractivity contribution in [3.8, 4) is 46.8 Å². The number of methoxy groups -OCH3 is 1. The van der Waals surface area contributed by atoms with Gasteiger partial charge in [0, 0.05) is 57.6 Å². The molecular formula is C77H99N2NaO3S3. The molecule has 9 heteroatoms. The summed E-state index contributed by atoms with van der Waals surface area (Å²) in [4.78, 5) is 22.9. The van der Waals surface area contributed by atoms with Crippen molar-refractivity contribution in [1.82, 2.24) is 4.57 Å². The van der Waals surface area contributed by atoms with E-state index in [-0.39, 0.29) is 35.3 Å². The summed E-state index contributed by atoms with van der Waals surface area (Å²) in [6.45, 7) is 17.7. The fourth-order valence-corrected chi connectivity index (χ4v) is 16.6. The van der Waals surface area contributed by atoms with Crippen molar-refractivity contribution in [2.45, 2.75) is 246 Å². The van der Waals surface area contributed by atoms with E-state index in [4.69, 9.17) is 11.3 Å². The van der Waals surface area contributed by atoms with Gasteiger partial charge in [0.2, 0.25) is 5.70 Å². The van der Waals surface area contributed by atoms with E-state index in [9.17, 15) is 9.90 Å². The Labute approximate surface area is 552 Å². The van der Waals surface area contributed by atoms with Crippen LogP contribution >= 0.6 is 34.0 Å². The zero-order valence-electron chi connectivity index (χ0n) is 53.6. The molecule has 4 aromatic heterocycles. The number of nitrogens with zero attached hydrogens (tertiary/aromatic N) is 2. The number of aryl methyl sites for hydroxylation is 4. The van der Waals surface area contributed by atoms with E-state index in [0.29, 0.717) is 0 Å². The molecule has 0 radical (unpaired) electrons. The van der Waals surface area contributed by atoms with E-state index < -0.39 is 5.97 Å². The molecule has 0 saturated heterocycles. The summed E-state index contributed by atoms with van der Waals surface area (Å²) in [5.74, 6) is -0.539. The molecular weight excluding hydrogens is 1120 g/mol. The van der Waals surface area contributed by atoms with Crippen molar-refractivity contribution in [1.29, 1.82) is 0 Å². The molecule has 4 aromatic carbocycles. The van der Waals surface area contributed by atoms with E-state index in [1.54, 1.807) is 24.5 Å². The van der Waals surface area contributed by atoms with Crippen LogP contribution in [0.5, 0.6) is 5.75 Å². The van der Waals surface area contributed by atoms with Gasteiger partial charge in [-0.25, -0.2) is 4.85 Å². The Balaban J connectivity index is 0.0000106. The van der Waals surface area contributed by atoms with Gasteiger partial charge in [0.1, 0.15) is 5.75 Å². The average molecular weight is 1220 g/mol. The number of hydrogen-bond acceptors (Lipinski definition) is 6. The van der Waals surface area contributed by atoms with Crippen LogP contribution in [0.25, 0.3) is 84.6 Å². The molecule has 0 aliphatic heterocycles. The SMILES string of the molecule is [C-]#[N+]/C(=C\c1cc(CCCCCCCCCCCC)c(-c2cc(CCCCCCCCCCCC)c(-c3cc(CCCCCCCCCCCC)c(-c4ccc5c(c4)c4cc(-c6ccc7cc(OC)ccc7c6)ccc4n5CC)s3)s2)s1)C(=O)[O-].[Na+]. The van der Waals surface area contributed by atoms with Gasteiger partial charge in [0.25, 0.3) is 0 Å². The van der Waals surface area contributed by atoms with Gasteiger partial charge >= 0.3 is 29.6 Å². The summed E-state index contributed by atoms with van der Waals surface area (Å²) in [5, 5.41) is 17.1. The van der Waals surface area contributed by atoms with Crippen LogP contribution in [0.3, 0.4) is 0 Å². The molecule has 8 aromatic rings. The maximum absolute atomic E-state index is 12.1. The van der Waals surface area contributed by atoms with Gasteiger partial charge in [-0.3, -0.25) is 0 Å². The number of benzene rings is 4. The third-order valence-corrected chi connectivity index (χ3v) is 21.6. The zero-order chi connectivity index (χ0) is 59.6. The Kier molecular flexibility index (Phi) is 30.1. The van der Waals surface area contributed by atoms with Crippen molar-refractivity contribution < 1.29 is 44.2 Å². The van der Waals surface area contributed by atoms with Gasteiger partial charge in [-0.2, -0.15) is 0 Å². The predicted octanol–water partition coefficient (Wildman–Crippen LogP) is 21.2. The molecule has 4 heterocycles. The summed E-state index contributed by atoms with van der Waals surface area (Å²) in [6.07, 6.45) is 43.7. The Morgan fingerprint density at radius 1 is 0.477 bits per heavy atom. The Morgan fingerprint density at radius 2 is 0.872 bits per heavy atom. The Hall–Kier alpha value is -4.46. The number of hydrogen-bond donors (Lipinski definition) is 0. The number of aromatic nitrogens is 1. The Bertz CT molecular complexity index is 3420. The summed E-state index contributed by atoms with van der Waals surface area (Å²) in [5.41, 5.74) is 10.1. The van der Waals surface area contributed by atoms with Gasteiger partial charge in [-0.05, 0) is 156 Å². The molecule has 8 rings (SSSR count). The minimum Gasteiger partial charge on any atom is -0.558 e. The number of unbranched alkanes of at least 4 members (excludes halogenated alkanes) is 27. The average Bonchev–Trinajstić information content (AvgIpc) is 2.81. The second-order valence-corrected chi connectivity index (χ2v) is 27.5. The number of carboxylic acids is 1. The molecule has 0 saturated carbocycles. The van der Waals surface area contributed by atoms with E-state index in [1.807, 2.05) is 22.7 Å². The molecule has 0 fully saturated rings. The molecule has 454 valence electrons. The van der Waals surface area contributed by atoms with Gasteiger partial charge < -0.3 is 19.2 Å². The van der Waals surface area contributed by atoms with Crippen LogP contribution < -0.4 is 39.4 Å². The van der Waals surface area contributed by atoms with E-state index >= 15 is 0 Å². The van der Waals surface area contributed by atoms with Crippen LogP contribution in [0.2, 0.25) is 0 Å². The minimum atomic E-state index is -1.41. The van der Waals surface area contributed by atoms with Crippen LogP contribution in [-0.2, 0) is 30.6 Å². The number of rotatable bonds is 41. The molecule has 5 nitrogen and oxygen atoms in total. The quantitative estimate of drug-likeness (QED) is 0.0166. The molecule has 0 bridgehead atoms. The topological polar surface area (TPSA) is 58.7 Å². The summed E-state index contributed by atoms with van der Waals surface area (Å²) < 4.78 is 8.04. The van der Waals surface area contributed by atoms with Gasteiger partial charge in [-0.15, -0.1) is 34.0 Å². The normalized spacial score (nSPS) is 11.8. The van der Waals surface area contributed by atoms with Crippen LogP contribution in [0, 0.1) is 6.57 Å². The molecule has 86 heavy (non-hydrogen) atoms. The van der Waals surface area contributed by atoms with Crippen LogP contribution in [0.15, 0.2) is 96.7 Å². The largest absolute Gasteiger partial charge is 1.00 e. The second kappa shape index (κ2) is 37.5. The molecule has 0 aliphatic rings. The summed E-state index contributed by atoms with van der Waals surface area (Å²) in [7, 11) is 1.73. The first-order chi connectivity index (χ1) is 41.8. The monoisotopic (exact) mass is 1220 g/mol. The first-order valence-electron chi connectivity index (χ1n) is 33.6. The summed E-state index contributed by atoms with van der Waals surface area (Å²) >= 11 is 5.58. The van der Waals surface area contributed by atoms with Gasteiger partial charge in [0.15, 0.2) is 0 Å². The smallest absolute Gasteiger partial charge is 0.558 e. The number of fused-ring (bicyclic) bond motifs is 4.